The molecule has 0 aliphatic heterocycles. The summed E-state index contributed by atoms with van der Waals surface area (Å²) in [5.74, 6) is 0. The molecule has 2 heterocycles. The molecule has 0 radical (unpaired) electrons. The van der Waals surface area contributed by atoms with Gasteiger partial charge in [-0.25, -0.2) is 9.78 Å². The Kier molecular flexibility index (Phi) is 1.92. The van der Waals surface area contributed by atoms with Crippen molar-refractivity contribution >= 4 is 17.5 Å². The molecule has 2 rings (SSSR count). The van der Waals surface area contributed by atoms with E-state index in [-0.39, 0.29) is 12.2 Å². The second kappa shape index (κ2) is 3.10. The van der Waals surface area contributed by atoms with E-state index >= 15 is 0 Å². The zero-order chi connectivity index (χ0) is 10.1. The first-order chi connectivity index (χ1) is 6.75. The number of hydrogen-bond acceptors (Lipinski definition) is 3. The predicted molar refractivity (Wildman–Crippen MR) is 51.0 cm³/mol. The summed E-state index contributed by atoms with van der Waals surface area (Å²) in [6, 6.07) is 3.51. The van der Waals surface area contributed by atoms with Gasteiger partial charge >= 0.3 is 5.69 Å². The van der Waals surface area contributed by atoms with Gasteiger partial charge in [-0.1, -0.05) is 0 Å². The lowest BCUT2D eigenvalue weighted by molar-refractivity contribution is -0.108. The Hall–Kier alpha value is -1.91. The maximum atomic E-state index is 11.6. The van der Waals surface area contributed by atoms with Crippen LogP contribution in [0.3, 0.4) is 0 Å². The van der Waals surface area contributed by atoms with Crippen LogP contribution >= 0.6 is 0 Å². The Morgan fingerprint density at radius 3 is 3.07 bits per heavy atom. The normalized spacial score (nSPS) is 10.6. The molecule has 0 amide bonds. The molecule has 0 atom stereocenters. The van der Waals surface area contributed by atoms with Crippen LogP contribution in [-0.4, -0.2) is 20.4 Å². The maximum Gasteiger partial charge on any atom is 0.330 e. The lowest BCUT2D eigenvalue weighted by Crippen LogP contribution is -2.22. The molecule has 14 heavy (non-hydrogen) atoms. The van der Waals surface area contributed by atoms with Crippen molar-refractivity contribution in [2.45, 2.75) is 6.54 Å². The highest BCUT2D eigenvalue weighted by atomic mass is 16.2. The highest BCUT2D eigenvalue weighted by Gasteiger charge is 2.09. The van der Waals surface area contributed by atoms with E-state index in [0.29, 0.717) is 17.5 Å². The minimum Gasteiger partial charge on any atom is -0.301 e. The number of aromatic nitrogens is 3. The topological polar surface area (TPSA) is 56.9 Å². The van der Waals surface area contributed by atoms with Gasteiger partial charge in [0.25, 0.3) is 0 Å². The number of aryl methyl sites for hydroxylation is 1. The van der Waals surface area contributed by atoms with Crippen LogP contribution in [-0.2, 0) is 18.4 Å². The van der Waals surface area contributed by atoms with Crippen LogP contribution in [0.25, 0.3) is 11.2 Å². The summed E-state index contributed by atoms with van der Waals surface area (Å²) in [5.41, 5.74) is 1.07. The molecule has 2 aromatic heterocycles. The molecular formula is C9H9N3O2. The Labute approximate surface area is 79.6 Å². The summed E-state index contributed by atoms with van der Waals surface area (Å²) < 4.78 is 2.83. The van der Waals surface area contributed by atoms with Crippen molar-refractivity contribution in [1.29, 1.82) is 0 Å². The number of aldehydes is 1. The van der Waals surface area contributed by atoms with E-state index in [4.69, 9.17) is 0 Å². The number of carbonyl (C=O) groups is 1. The molecule has 2 aromatic rings. The minimum absolute atomic E-state index is 0.0713. The molecule has 5 nitrogen and oxygen atoms in total. The van der Waals surface area contributed by atoms with E-state index in [0.717, 1.165) is 0 Å². The Morgan fingerprint density at radius 2 is 2.36 bits per heavy atom. The third-order valence-electron chi connectivity index (χ3n) is 2.15. The quantitative estimate of drug-likeness (QED) is 0.624. The monoisotopic (exact) mass is 191 g/mol. The highest BCUT2D eigenvalue weighted by Crippen LogP contribution is 2.07. The molecule has 0 bridgehead atoms. The molecule has 0 N–H and O–H groups in total. The van der Waals surface area contributed by atoms with E-state index in [1.165, 1.54) is 9.13 Å². The van der Waals surface area contributed by atoms with Gasteiger partial charge in [0.2, 0.25) is 0 Å². The van der Waals surface area contributed by atoms with Gasteiger partial charge in [-0.15, -0.1) is 0 Å². The van der Waals surface area contributed by atoms with Crippen molar-refractivity contribution in [2.24, 2.45) is 7.05 Å². The van der Waals surface area contributed by atoms with Gasteiger partial charge in [0.1, 0.15) is 6.29 Å². The predicted octanol–water partition coefficient (Wildman–Crippen LogP) is -0.0661. The first-order valence-corrected chi connectivity index (χ1v) is 4.19. The molecular weight excluding hydrogens is 182 g/mol. The average molecular weight is 191 g/mol. The van der Waals surface area contributed by atoms with E-state index in [1.54, 1.807) is 25.4 Å². The Bertz CT molecular complexity index is 538. The number of hydrogen-bond donors (Lipinski definition) is 0. The molecule has 0 aromatic carbocycles. The van der Waals surface area contributed by atoms with Crippen molar-refractivity contribution < 1.29 is 4.79 Å². The van der Waals surface area contributed by atoms with E-state index in [2.05, 4.69) is 4.98 Å². The van der Waals surface area contributed by atoms with Gasteiger partial charge in [-0.05, 0) is 12.1 Å². The average Bonchev–Trinajstić information content (AvgIpc) is 2.45. The summed E-state index contributed by atoms with van der Waals surface area (Å²) in [5, 5.41) is 0. The fraction of sp³-hybridized carbons (Fsp3) is 0.222. The van der Waals surface area contributed by atoms with E-state index in [9.17, 15) is 9.59 Å². The number of nitrogens with zero attached hydrogens (tertiary/aromatic N) is 3. The maximum absolute atomic E-state index is 11.6. The van der Waals surface area contributed by atoms with Crippen molar-refractivity contribution in [2.75, 3.05) is 0 Å². The van der Waals surface area contributed by atoms with Crippen LogP contribution in [0, 0.1) is 0 Å². The van der Waals surface area contributed by atoms with Gasteiger partial charge < -0.3 is 4.79 Å². The fourth-order valence-electron chi connectivity index (χ4n) is 1.48. The Balaban J connectivity index is 2.87. The van der Waals surface area contributed by atoms with Crippen molar-refractivity contribution in [3.05, 3.63) is 28.8 Å². The van der Waals surface area contributed by atoms with Crippen LogP contribution in [0.1, 0.15) is 0 Å². The second-order valence-corrected chi connectivity index (χ2v) is 2.96. The van der Waals surface area contributed by atoms with Gasteiger partial charge in [-0.2, -0.15) is 0 Å². The summed E-state index contributed by atoms with van der Waals surface area (Å²) >= 11 is 0. The SMILES string of the molecule is Cn1c(=O)n(CC=O)c2cccnc21. The summed E-state index contributed by atoms with van der Waals surface area (Å²) in [4.78, 5) is 26.1. The molecule has 0 spiro atoms. The van der Waals surface area contributed by atoms with Gasteiger partial charge in [-0.3, -0.25) is 9.13 Å². The second-order valence-electron chi connectivity index (χ2n) is 2.96. The number of rotatable bonds is 2. The first kappa shape index (κ1) is 8.68. The lowest BCUT2D eigenvalue weighted by Gasteiger charge is -1.93. The van der Waals surface area contributed by atoms with Crippen molar-refractivity contribution in [3.63, 3.8) is 0 Å². The van der Waals surface area contributed by atoms with Crippen molar-refractivity contribution in [1.82, 2.24) is 14.1 Å². The van der Waals surface area contributed by atoms with Crippen LogP contribution in [0.15, 0.2) is 23.1 Å². The van der Waals surface area contributed by atoms with Crippen LogP contribution in [0.5, 0.6) is 0 Å². The number of carbonyl (C=O) groups excluding carboxylic acids is 1. The molecule has 0 unspecified atom stereocenters. The minimum atomic E-state index is -0.217. The molecule has 0 saturated heterocycles. The standard InChI is InChI=1S/C9H9N3O2/c1-11-8-7(3-2-4-10-8)12(5-6-13)9(11)14/h2-4,6H,5H2,1H3. The van der Waals surface area contributed by atoms with Gasteiger partial charge in [0, 0.05) is 13.2 Å². The number of fused-ring (bicyclic) bond motifs is 1. The molecule has 0 aliphatic rings. The molecule has 0 fully saturated rings. The third-order valence-corrected chi connectivity index (χ3v) is 2.15. The van der Waals surface area contributed by atoms with E-state index < -0.39 is 0 Å². The zero-order valence-corrected chi connectivity index (χ0v) is 7.67. The summed E-state index contributed by atoms with van der Waals surface area (Å²) in [6.45, 7) is 0.0713. The third kappa shape index (κ3) is 1.06. The molecule has 0 saturated carbocycles. The van der Waals surface area contributed by atoms with Crippen LogP contribution < -0.4 is 5.69 Å². The fourth-order valence-corrected chi connectivity index (χ4v) is 1.48. The number of pyridine rings is 1. The molecule has 72 valence electrons. The summed E-state index contributed by atoms with van der Waals surface area (Å²) in [6.07, 6.45) is 2.32. The van der Waals surface area contributed by atoms with Gasteiger partial charge in [0.05, 0.1) is 12.1 Å². The first-order valence-electron chi connectivity index (χ1n) is 4.19. The Morgan fingerprint density at radius 1 is 1.57 bits per heavy atom. The van der Waals surface area contributed by atoms with Crippen LogP contribution in [0.2, 0.25) is 0 Å². The lowest BCUT2D eigenvalue weighted by atomic mass is 10.4. The zero-order valence-electron chi connectivity index (χ0n) is 7.67. The molecule has 5 heteroatoms. The molecule has 0 aliphatic carbocycles. The van der Waals surface area contributed by atoms with E-state index in [1.807, 2.05) is 0 Å². The number of imidazole rings is 1. The van der Waals surface area contributed by atoms with Crippen LogP contribution in [0.4, 0.5) is 0 Å². The highest BCUT2D eigenvalue weighted by molar-refractivity contribution is 5.72. The van der Waals surface area contributed by atoms with Crippen molar-refractivity contribution in [3.8, 4) is 0 Å². The van der Waals surface area contributed by atoms with Gasteiger partial charge in [0.15, 0.2) is 5.65 Å². The largest absolute Gasteiger partial charge is 0.330 e. The smallest absolute Gasteiger partial charge is 0.301 e. The summed E-state index contributed by atoms with van der Waals surface area (Å²) in [7, 11) is 1.64.